The number of hydrogen-bond acceptors (Lipinski definition) is 2. The predicted molar refractivity (Wildman–Crippen MR) is 57.1 cm³/mol. The van der Waals surface area contributed by atoms with Gasteiger partial charge in [-0.15, -0.1) is 11.3 Å². The first-order valence-corrected chi connectivity index (χ1v) is 5.44. The van der Waals surface area contributed by atoms with Crippen LogP contribution in [0.25, 0.3) is 10.1 Å². The molecule has 2 rings (SSSR count). The van der Waals surface area contributed by atoms with E-state index in [0.29, 0.717) is 10.9 Å². The highest BCUT2D eigenvalue weighted by molar-refractivity contribution is 7.17. The molecular formula is C11H11FOS. The molecule has 1 nitrogen and oxygen atoms in total. The number of aryl methyl sites for hydroxylation is 1. The van der Waals surface area contributed by atoms with Crippen molar-refractivity contribution in [3.8, 4) is 0 Å². The highest BCUT2D eigenvalue weighted by Gasteiger charge is 2.10. The standard InChI is InChI=1S/C11H11FOS/c1-2-8-7(6-13)5-10(12)9-3-4-14-11(8)9/h3-5,13H,2,6H2,1H3. The fourth-order valence-corrected chi connectivity index (χ4v) is 2.77. The lowest BCUT2D eigenvalue weighted by molar-refractivity contribution is 0.280. The third-order valence-corrected chi connectivity index (χ3v) is 3.38. The summed E-state index contributed by atoms with van der Waals surface area (Å²) < 4.78 is 14.4. The van der Waals surface area contributed by atoms with Crippen LogP contribution >= 0.6 is 11.3 Å². The Labute approximate surface area is 85.8 Å². The van der Waals surface area contributed by atoms with Gasteiger partial charge in [0.2, 0.25) is 0 Å². The fourth-order valence-electron chi connectivity index (χ4n) is 1.72. The molecule has 1 heterocycles. The zero-order chi connectivity index (χ0) is 10.1. The number of rotatable bonds is 2. The molecule has 0 aliphatic rings. The second-order valence-electron chi connectivity index (χ2n) is 3.17. The molecule has 0 bridgehead atoms. The minimum atomic E-state index is -0.234. The summed E-state index contributed by atoms with van der Waals surface area (Å²) in [7, 11) is 0. The summed E-state index contributed by atoms with van der Waals surface area (Å²) in [5.74, 6) is -0.234. The largest absolute Gasteiger partial charge is 0.392 e. The summed E-state index contributed by atoms with van der Waals surface area (Å²) in [5, 5.41) is 11.7. The van der Waals surface area contributed by atoms with Crippen molar-refractivity contribution in [2.75, 3.05) is 0 Å². The maximum Gasteiger partial charge on any atom is 0.132 e. The molecule has 2 aromatic rings. The van der Waals surface area contributed by atoms with Gasteiger partial charge in [0.25, 0.3) is 0 Å². The predicted octanol–water partition coefficient (Wildman–Crippen LogP) is 3.10. The van der Waals surface area contributed by atoms with E-state index < -0.39 is 0 Å². The van der Waals surface area contributed by atoms with Gasteiger partial charge in [-0.1, -0.05) is 6.92 Å². The van der Waals surface area contributed by atoms with E-state index >= 15 is 0 Å². The van der Waals surface area contributed by atoms with E-state index in [2.05, 4.69) is 0 Å². The molecule has 0 saturated heterocycles. The summed E-state index contributed by atoms with van der Waals surface area (Å²) in [6.07, 6.45) is 0.827. The second kappa shape index (κ2) is 3.67. The maximum atomic E-state index is 13.5. The molecule has 0 atom stereocenters. The highest BCUT2D eigenvalue weighted by Crippen LogP contribution is 2.30. The molecule has 0 spiro atoms. The third kappa shape index (κ3) is 1.33. The average Bonchev–Trinajstić information content (AvgIpc) is 2.66. The van der Waals surface area contributed by atoms with Crippen molar-refractivity contribution in [3.05, 3.63) is 34.5 Å². The lowest BCUT2D eigenvalue weighted by atomic mass is 10.0. The maximum absolute atomic E-state index is 13.5. The first-order valence-electron chi connectivity index (χ1n) is 4.56. The number of fused-ring (bicyclic) bond motifs is 1. The van der Waals surface area contributed by atoms with Gasteiger partial charge in [-0.2, -0.15) is 0 Å². The van der Waals surface area contributed by atoms with Crippen molar-refractivity contribution < 1.29 is 9.50 Å². The average molecular weight is 210 g/mol. The van der Waals surface area contributed by atoms with Crippen molar-refractivity contribution in [3.63, 3.8) is 0 Å². The zero-order valence-corrected chi connectivity index (χ0v) is 8.70. The summed E-state index contributed by atoms with van der Waals surface area (Å²) in [5.41, 5.74) is 1.78. The Morgan fingerprint density at radius 2 is 2.29 bits per heavy atom. The van der Waals surface area contributed by atoms with Crippen LogP contribution in [-0.2, 0) is 13.0 Å². The summed E-state index contributed by atoms with van der Waals surface area (Å²) in [6.45, 7) is 1.93. The summed E-state index contributed by atoms with van der Waals surface area (Å²) >= 11 is 1.53. The Morgan fingerprint density at radius 1 is 1.50 bits per heavy atom. The van der Waals surface area contributed by atoms with Crippen molar-refractivity contribution in [1.29, 1.82) is 0 Å². The van der Waals surface area contributed by atoms with Crippen LogP contribution < -0.4 is 0 Å². The van der Waals surface area contributed by atoms with E-state index in [4.69, 9.17) is 5.11 Å². The molecule has 1 N–H and O–H groups in total. The van der Waals surface area contributed by atoms with Crippen LogP contribution in [0.2, 0.25) is 0 Å². The van der Waals surface area contributed by atoms with E-state index in [-0.39, 0.29) is 12.4 Å². The number of benzene rings is 1. The monoisotopic (exact) mass is 210 g/mol. The number of aliphatic hydroxyl groups excluding tert-OH is 1. The first kappa shape index (κ1) is 9.62. The molecular weight excluding hydrogens is 199 g/mol. The second-order valence-corrected chi connectivity index (χ2v) is 4.09. The first-order chi connectivity index (χ1) is 6.77. The molecule has 0 amide bonds. The van der Waals surface area contributed by atoms with Crippen molar-refractivity contribution in [1.82, 2.24) is 0 Å². The summed E-state index contributed by atoms with van der Waals surface area (Å²) in [4.78, 5) is 0. The molecule has 1 aromatic carbocycles. The lowest BCUT2D eigenvalue weighted by Crippen LogP contribution is -1.94. The number of thiophene rings is 1. The van der Waals surface area contributed by atoms with Crippen LogP contribution in [0.3, 0.4) is 0 Å². The zero-order valence-electron chi connectivity index (χ0n) is 7.88. The van der Waals surface area contributed by atoms with E-state index in [1.807, 2.05) is 12.3 Å². The van der Waals surface area contributed by atoms with Crippen LogP contribution in [0.15, 0.2) is 17.5 Å². The van der Waals surface area contributed by atoms with Gasteiger partial charge in [0.15, 0.2) is 0 Å². The molecule has 0 aliphatic heterocycles. The molecule has 3 heteroatoms. The third-order valence-electron chi connectivity index (χ3n) is 2.41. The highest BCUT2D eigenvalue weighted by atomic mass is 32.1. The van der Waals surface area contributed by atoms with Crippen LogP contribution in [-0.4, -0.2) is 5.11 Å². The SMILES string of the molecule is CCc1c(CO)cc(F)c2ccsc12. The van der Waals surface area contributed by atoms with Gasteiger partial charge in [0.05, 0.1) is 6.61 Å². The molecule has 0 radical (unpaired) electrons. The smallest absolute Gasteiger partial charge is 0.132 e. The molecule has 0 unspecified atom stereocenters. The van der Waals surface area contributed by atoms with E-state index in [9.17, 15) is 4.39 Å². The van der Waals surface area contributed by atoms with Crippen LogP contribution in [0.4, 0.5) is 4.39 Å². The van der Waals surface area contributed by atoms with Gasteiger partial charge in [0.1, 0.15) is 5.82 Å². The van der Waals surface area contributed by atoms with Gasteiger partial charge >= 0.3 is 0 Å². The minimum Gasteiger partial charge on any atom is -0.392 e. The molecule has 0 saturated carbocycles. The van der Waals surface area contributed by atoms with E-state index in [1.165, 1.54) is 17.4 Å². The van der Waals surface area contributed by atoms with E-state index in [0.717, 1.165) is 16.7 Å². The Bertz CT molecular complexity index is 462. The Balaban J connectivity index is 2.82. The summed E-state index contributed by atoms with van der Waals surface area (Å²) in [6, 6.07) is 3.23. The molecule has 14 heavy (non-hydrogen) atoms. The quantitative estimate of drug-likeness (QED) is 0.807. The van der Waals surface area contributed by atoms with Crippen molar-refractivity contribution in [2.24, 2.45) is 0 Å². The van der Waals surface area contributed by atoms with Gasteiger partial charge < -0.3 is 5.11 Å². The Hall–Kier alpha value is -0.930. The number of aliphatic hydroxyl groups is 1. The lowest BCUT2D eigenvalue weighted by Gasteiger charge is -2.07. The Kier molecular flexibility index (Phi) is 2.52. The molecule has 0 aliphatic carbocycles. The van der Waals surface area contributed by atoms with Crippen LogP contribution in [0.1, 0.15) is 18.1 Å². The molecule has 0 fully saturated rings. The number of halogens is 1. The van der Waals surface area contributed by atoms with Crippen molar-refractivity contribution >= 4 is 21.4 Å². The fraction of sp³-hybridized carbons (Fsp3) is 0.273. The normalized spacial score (nSPS) is 11.1. The van der Waals surface area contributed by atoms with Crippen LogP contribution in [0, 0.1) is 5.82 Å². The van der Waals surface area contributed by atoms with Gasteiger partial charge in [-0.3, -0.25) is 0 Å². The topological polar surface area (TPSA) is 20.2 Å². The van der Waals surface area contributed by atoms with Gasteiger partial charge in [-0.05, 0) is 35.1 Å². The Morgan fingerprint density at radius 3 is 2.93 bits per heavy atom. The minimum absolute atomic E-state index is 0.0894. The van der Waals surface area contributed by atoms with Crippen molar-refractivity contribution in [2.45, 2.75) is 20.0 Å². The van der Waals surface area contributed by atoms with Gasteiger partial charge in [0, 0.05) is 10.1 Å². The van der Waals surface area contributed by atoms with E-state index in [1.54, 1.807) is 6.07 Å². The number of hydrogen-bond donors (Lipinski definition) is 1. The molecule has 1 aromatic heterocycles. The molecule has 74 valence electrons. The van der Waals surface area contributed by atoms with Crippen LogP contribution in [0.5, 0.6) is 0 Å². The van der Waals surface area contributed by atoms with Gasteiger partial charge in [-0.25, -0.2) is 4.39 Å².